The molecule has 0 aliphatic heterocycles. The lowest BCUT2D eigenvalue weighted by molar-refractivity contribution is -0.137. The monoisotopic (exact) mass is 205 g/mol. The third kappa shape index (κ3) is 2.46. The summed E-state index contributed by atoms with van der Waals surface area (Å²) in [5, 5.41) is 9.23. The van der Waals surface area contributed by atoms with Crippen LogP contribution in [0.15, 0.2) is 24.3 Å². The maximum absolute atomic E-state index is 12.2. The normalized spacial score (nSPS) is 14.1. The SMILES string of the molecule is NCC(O)c1cccc(C(F)(F)F)c1. The first-order valence-electron chi connectivity index (χ1n) is 4.00. The van der Waals surface area contributed by atoms with E-state index in [1.165, 1.54) is 12.1 Å². The standard InChI is InChI=1S/C9H10F3NO/c10-9(11,12)7-3-1-2-6(4-7)8(14)5-13/h1-4,8,14H,5,13H2. The Morgan fingerprint density at radius 3 is 2.50 bits per heavy atom. The van der Waals surface area contributed by atoms with E-state index in [-0.39, 0.29) is 12.1 Å². The Morgan fingerprint density at radius 2 is 2.00 bits per heavy atom. The second-order valence-electron chi connectivity index (χ2n) is 2.87. The fraction of sp³-hybridized carbons (Fsp3) is 0.333. The van der Waals surface area contributed by atoms with Crippen LogP contribution in [0.4, 0.5) is 13.2 Å². The predicted molar refractivity (Wildman–Crippen MR) is 45.5 cm³/mol. The van der Waals surface area contributed by atoms with Gasteiger partial charge in [0.2, 0.25) is 0 Å². The topological polar surface area (TPSA) is 46.2 Å². The van der Waals surface area contributed by atoms with E-state index in [4.69, 9.17) is 5.73 Å². The second kappa shape index (κ2) is 3.98. The molecule has 1 rings (SSSR count). The Labute approximate surface area is 79.2 Å². The molecule has 0 saturated heterocycles. The first-order valence-corrected chi connectivity index (χ1v) is 4.00. The number of hydrogen-bond donors (Lipinski definition) is 2. The lowest BCUT2D eigenvalue weighted by Gasteiger charge is -2.11. The number of nitrogens with two attached hydrogens (primary N) is 1. The highest BCUT2D eigenvalue weighted by Crippen LogP contribution is 2.30. The molecule has 14 heavy (non-hydrogen) atoms. The molecule has 0 aliphatic rings. The first kappa shape index (κ1) is 11.0. The molecule has 2 nitrogen and oxygen atoms in total. The Kier molecular flexibility index (Phi) is 3.13. The zero-order valence-electron chi connectivity index (χ0n) is 7.25. The van der Waals surface area contributed by atoms with Crippen molar-refractivity contribution in [2.45, 2.75) is 12.3 Å². The minimum Gasteiger partial charge on any atom is -0.387 e. The summed E-state index contributed by atoms with van der Waals surface area (Å²) in [5.74, 6) is 0. The van der Waals surface area contributed by atoms with Crippen LogP contribution in [0, 0.1) is 0 Å². The molecule has 0 aromatic heterocycles. The van der Waals surface area contributed by atoms with Crippen LogP contribution in [0.1, 0.15) is 17.2 Å². The van der Waals surface area contributed by atoms with Crippen molar-refractivity contribution in [3.8, 4) is 0 Å². The molecule has 0 radical (unpaired) electrons. The number of hydrogen-bond acceptors (Lipinski definition) is 2. The highest BCUT2D eigenvalue weighted by atomic mass is 19.4. The highest BCUT2D eigenvalue weighted by molar-refractivity contribution is 5.27. The molecule has 1 aromatic rings. The van der Waals surface area contributed by atoms with Gasteiger partial charge in [0, 0.05) is 6.54 Å². The summed E-state index contributed by atoms with van der Waals surface area (Å²) in [4.78, 5) is 0. The van der Waals surface area contributed by atoms with Crippen LogP contribution in [0.3, 0.4) is 0 Å². The summed E-state index contributed by atoms with van der Waals surface area (Å²) in [7, 11) is 0. The van der Waals surface area contributed by atoms with Crippen molar-refractivity contribution in [2.75, 3.05) is 6.54 Å². The van der Waals surface area contributed by atoms with Gasteiger partial charge in [0.15, 0.2) is 0 Å². The Balaban J connectivity index is 3.01. The maximum Gasteiger partial charge on any atom is 0.416 e. The molecule has 0 heterocycles. The van der Waals surface area contributed by atoms with Crippen molar-refractivity contribution in [2.24, 2.45) is 5.73 Å². The van der Waals surface area contributed by atoms with Crippen molar-refractivity contribution in [1.29, 1.82) is 0 Å². The van der Waals surface area contributed by atoms with Gasteiger partial charge in [0.1, 0.15) is 0 Å². The summed E-state index contributed by atoms with van der Waals surface area (Å²) < 4.78 is 36.7. The summed E-state index contributed by atoms with van der Waals surface area (Å²) in [5.41, 5.74) is 4.54. The van der Waals surface area contributed by atoms with Crippen molar-refractivity contribution in [1.82, 2.24) is 0 Å². The fourth-order valence-electron chi connectivity index (χ4n) is 1.06. The molecule has 0 saturated carbocycles. The number of aliphatic hydroxyl groups excluding tert-OH is 1. The van der Waals surface area contributed by atoms with Gasteiger partial charge in [-0.05, 0) is 17.7 Å². The molecule has 0 fully saturated rings. The Morgan fingerprint density at radius 1 is 1.36 bits per heavy atom. The third-order valence-corrected chi connectivity index (χ3v) is 1.82. The van der Waals surface area contributed by atoms with E-state index in [9.17, 15) is 18.3 Å². The fourth-order valence-corrected chi connectivity index (χ4v) is 1.06. The molecule has 5 heteroatoms. The number of rotatable bonds is 2. The highest BCUT2D eigenvalue weighted by Gasteiger charge is 2.30. The van der Waals surface area contributed by atoms with Crippen LogP contribution >= 0.6 is 0 Å². The van der Waals surface area contributed by atoms with Crippen LogP contribution in [-0.2, 0) is 6.18 Å². The molecule has 0 amide bonds. The molecule has 3 N–H and O–H groups in total. The average Bonchev–Trinajstić information content (AvgIpc) is 2.15. The number of alkyl halides is 3. The maximum atomic E-state index is 12.2. The minimum absolute atomic E-state index is 0.0959. The molecule has 1 unspecified atom stereocenters. The molecule has 0 aliphatic carbocycles. The van der Waals surface area contributed by atoms with Crippen molar-refractivity contribution < 1.29 is 18.3 Å². The molecule has 0 spiro atoms. The van der Waals surface area contributed by atoms with Crippen LogP contribution in [0.5, 0.6) is 0 Å². The summed E-state index contributed by atoms with van der Waals surface area (Å²) >= 11 is 0. The second-order valence-corrected chi connectivity index (χ2v) is 2.87. The third-order valence-electron chi connectivity index (χ3n) is 1.82. The van der Waals surface area contributed by atoms with Gasteiger partial charge in [-0.2, -0.15) is 13.2 Å². The molecule has 0 bridgehead atoms. The van der Waals surface area contributed by atoms with E-state index in [0.717, 1.165) is 12.1 Å². The predicted octanol–water partition coefficient (Wildman–Crippen LogP) is 1.70. The van der Waals surface area contributed by atoms with Crippen molar-refractivity contribution in [3.05, 3.63) is 35.4 Å². The summed E-state index contributed by atoms with van der Waals surface area (Å²) in [6.07, 6.45) is -5.43. The van der Waals surface area contributed by atoms with Gasteiger partial charge in [-0.3, -0.25) is 0 Å². The zero-order valence-corrected chi connectivity index (χ0v) is 7.25. The lowest BCUT2D eigenvalue weighted by atomic mass is 10.1. The molecule has 78 valence electrons. The summed E-state index contributed by atoms with van der Waals surface area (Å²) in [6, 6.07) is 4.51. The van der Waals surface area contributed by atoms with Gasteiger partial charge in [-0.15, -0.1) is 0 Å². The van der Waals surface area contributed by atoms with Gasteiger partial charge in [0.05, 0.1) is 11.7 Å². The summed E-state index contributed by atoms with van der Waals surface area (Å²) in [6.45, 7) is -0.0959. The first-order chi connectivity index (χ1) is 6.45. The number of benzene rings is 1. The molecular formula is C9H10F3NO. The van der Waals surface area contributed by atoms with Gasteiger partial charge < -0.3 is 10.8 Å². The van der Waals surface area contributed by atoms with Gasteiger partial charge in [-0.25, -0.2) is 0 Å². The molecule has 1 aromatic carbocycles. The Bertz CT molecular complexity index is 311. The van der Waals surface area contributed by atoms with E-state index >= 15 is 0 Å². The van der Waals surface area contributed by atoms with Crippen LogP contribution in [0.2, 0.25) is 0 Å². The van der Waals surface area contributed by atoms with E-state index in [2.05, 4.69) is 0 Å². The van der Waals surface area contributed by atoms with Crippen molar-refractivity contribution >= 4 is 0 Å². The quantitative estimate of drug-likeness (QED) is 0.771. The smallest absolute Gasteiger partial charge is 0.387 e. The van der Waals surface area contributed by atoms with E-state index in [1.54, 1.807) is 0 Å². The van der Waals surface area contributed by atoms with Gasteiger partial charge in [0.25, 0.3) is 0 Å². The van der Waals surface area contributed by atoms with Crippen LogP contribution < -0.4 is 5.73 Å². The largest absolute Gasteiger partial charge is 0.416 e. The lowest BCUT2D eigenvalue weighted by Crippen LogP contribution is -2.13. The van der Waals surface area contributed by atoms with E-state index < -0.39 is 17.8 Å². The van der Waals surface area contributed by atoms with Crippen molar-refractivity contribution in [3.63, 3.8) is 0 Å². The molecular weight excluding hydrogens is 195 g/mol. The van der Waals surface area contributed by atoms with E-state index in [0.29, 0.717) is 0 Å². The number of aliphatic hydroxyl groups is 1. The number of halogens is 3. The zero-order chi connectivity index (χ0) is 10.8. The van der Waals surface area contributed by atoms with E-state index in [1.807, 2.05) is 0 Å². The Hall–Kier alpha value is -1.07. The average molecular weight is 205 g/mol. The van der Waals surface area contributed by atoms with Gasteiger partial charge in [-0.1, -0.05) is 12.1 Å². The molecule has 1 atom stereocenters. The van der Waals surface area contributed by atoms with Gasteiger partial charge >= 0.3 is 6.18 Å². The van der Waals surface area contributed by atoms with Crippen LogP contribution in [-0.4, -0.2) is 11.7 Å². The minimum atomic E-state index is -4.38. The van der Waals surface area contributed by atoms with Crippen LogP contribution in [0.25, 0.3) is 0 Å².